The molecule has 2 rings (SSSR count). The highest BCUT2D eigenvalue weighted by molar-refractivity contribution is 6.30. The predicted molar refractivity (Wildman–Crippen MR) is 82.0 cm³/mol. The molecule has 0 bridgehead atoms. The number of aliphatic hydroxyl groups is 1. The minimum absolute atomic E-state index is 0.0663. The average Bonchev–Trinajstić information content (AvgIpc) is 2.49. The maximum Gasteiger partial charge on any atom is 0.253 e. The van der Waals surface area contributed by atoms with Crippen molar-refractivity contribution in [2.45, 2.75) is 0 Å². The average molecular weight is 306 g/mol. The summed E-state index contributed by atoms with van der Waals surface area (Å²) >= 11 is 5.82. The summed E-state index contributed by atoms with van der Waals surface area (Å²) in [5, 5.41) is 9.51. The van der Waals surface area contributed by atoms with E-state index in [0.717, 1.165) is 0 Å². The van der Waals surface area contributed by atoms with E-state index in [4.69, 9.17) is 21.4 Å². The minimum atomic E-state index is -0.161. The highest BCUT2D eigenvalue weighted by Crippen LogP contribution is 2.24. The molecule has 0 aliphatic heterocycles. The van der Waals surface area contributed by atoms with Crippen LogP contribution in [0.25, 0.3) is 0 Å². The van der Waals surface area contributed by atoms with Crippen LogP contribution in [-0.4, -0.2) is 36.1 Å². The second-order valence-corrected chi connectivity index (χ2v) is 4.97. The summed E-state index contributed by atoms with van der Waals surface area (Å²) in [5.41, 5.74) is 0.511. The lowest BCUT2D eigenvalue weighted by atomic mass is 10.2. The maximum atomic E-state index is 12.1. The Labute approximate surface area is 128 Å². The molecular weight excluding hydrogens is 290 g/mol. The van der Waals surface area contributed by atoms with Crippen molar-refractivity contribution in [3.8, 4) is 11.5 Å². The van der Waals surface area contributed by atoms with Gasteiger partial charge >= 0.3 is 0 Å². The molecule has 0 heterocycles. The number of benzene rings is 2. The van der Waals surface area contributed by atoms with Crippen LogP contribution in [-0.2, 0) is 0 Å². The first-order valence-corrected chi connectivity index (χ1v) is 6.88. The Morgan fingerprint density at radius 3 is 2.57 bits per heavy atom. The van der Waals surface area contributed by atoms with E-state index in [2.05, 4.69) is 0 Å². The number of carbonyl (C=O) groups excluding carboxylic acids is 1. The third-order valence-electron chi connectivity index (χ3n) is 2.91. The SMILES string of the molecule is CN(CCO)C(=O)c1cccc(Oc2ccc(Cl)cc2)c1. The van der Waals surface area contributed by atoms with Gasteiger partial charge in [0.05, 0.1) is 6.61 Å². The van der Waals surface area contributed by atoms with E-state index in [9.17, 15) is 4.79 Å². The topological polar surface area (TPSA) is 49.8 Å². The molecule has 0 aliphatic rings. The van der Waals surface area contributed by atoms with E-state index in [0.29, 0.717) is 28.6 Å². The zero-order chi connectivity index (χ0) is 15.2. The number of carbonyl (C=O) groups is 1. The fraction of sp³-hybridized carbons (Fsp3) is 0.188. The van der Waals surface area contributed by atoms with Crippen LogP contribution < -0.4 is 4.74 Å². The lowest BCUT2D eigenvalue weighted by Crippen LogP contribution is -2.29. The number of rotatable bonds is 5. The fourth-order valence-electron chi connectivity index (χ4n) is 1.80. The molecule has 0 radical (unpaired) electrons. The summed E-state index contributed by atoms with van der Waals surface area (Å²) in [4.78, 5) is 13.6. The van der Waals surface area contributed by atoms with E-state index in [1.54, 1.807) is 55.6 Å². The number of hydrogen-bond acceptors (Lipinski definition) is 3. The molecule has 110 valence electrons. The van der Waals surface area contributed by atoms with Gasteiger partial charge in [-0.3, -0.25) is 4.79 Å². The number of aliphatic hydroxyl groups excluding tert-OH is 1. The molecule has 0 fully saturated rings. The molecule has 2 aromatic rings. The number of halogens is 1. The van der Waals surface area contributed by atoms with E-state index >= 15 is 0 Å². The number of likely N-dealkylation sites (N-methyl/N-ethyl adjacent to an activating group) is 1. The molecule has 1 N–H and O–H groups in total. The normalized spacial score (nSPS) is 10.2. The van der Waals surface area contributed by atoms with Gasteiger partial charge in [0.2, 0.25) is 0 Å². The Morgan fingerprint density at radius 2 is 1.90 bits per heavy atom. The molecule has 0 aliphatic carbocycles. The number of ether oxygens (including phenoxy) is 1. The van der Waals surface area contributed by atoms with Crippen molar-refractivity contribution < 1.29 is 14.6 Å². The predicted octanol–water partition coefficient (Wildman–Crippen LogP) is 3.20. The first-order chi connectivity index (χ1) is 10.1. The van der Waals surface area contributed by atoms with Crippen LogP contribution >= 0.6 is 11.6 Å². The number of nitrogens with zero attached hydrogens (tertiary/aromatic N) is 1. The van der Waals surface area contributed by atoms with Crippen molar-refractivity contribution >= 4 is 17.5 Å². The Kier molecular flexibility index (Phi) is 5.20. The smallest absolute Gasteiger partial charge is 0.253 e. The van der Waals surface area contributed by atoms with Gasteiger partial charge in [0.15, 0.2) is 0 Å². The molecule has 0 spiro atoms. The molecule has 21 heavy (non-hydrogen) atoms. The maximum absolute atomic E-state index is 12.1. The van der Waals surface area contributed by atoms with Gasteiger partial charge in [-0.15, -0.1) is 0 Å². The summed E-state index contributed by atoms with van der Waals surface area (Å²) in [6.45, 7) is 0.226. The van der Waals surface area contributed by atoms with Gasteiger partial charge in [-0.2, -0.15) is 0 Å². The van der Waals surface area contributed by atoms with Gasteiger partial charge < -0.3 is 14.7 Å². The second kappa shape index (κ2) is 7.11. The van der Waals surface area contributed by atoms with Gasteiger partial charge in [0.25, 0.3) is 5.91 Å². The first kappa shape index (κ1) is 15.4. The van der Waals surface area contributed by atoms with E-state index in [1.165, 1.54) is 4.90 Å². The lowest BCUT2D eigenvalue weighted by molar-refractivity contribution is 0.0766. The monoisotopic (exact) mass is 305 g/mol. The van der Waals surface area contributed by atoms with Crippen LogP contribution in [0.5, 0.6) is 11.5 Å². The summed E-state index contributed by atoms with van der Waals surface area (Å²) < 4.78 is 5.69. The Hall–Kier alpha value is -2.04. The number of amides is 1. The Balaban J connectivity index is 2.14. The van der Waals surface area contributed by atoms with E-state index in [-0.39, 0.29) is 12.5 Å². The van der Waals surface area contributed by atoms with Crippen LogP contribution in [0, 0.1) is 0 Å². The third-order valence-corrected chi connectivity index (χ3v) is 3.16. The highest BCUT2D eigenvalue weighted by Gasteiger charge is 2.11. The quantitative estimate of drug-likeness (QED) is 0.923. The van der Waals surface area contributed by atoms with Gasteiger partial charge in [-0.25, -0.2) is 0 Å². The van der Waals surface area contributed by atoms with Gasteiger partial charge in [0.1, 0.15) is 11.5 Å². The Morgan fingerprint density at radius 1 is 1.19 bits per heavy atom. The first-order valence-electron chi connectivity index (χ1n) is 6.50. The molecule has 4 nitrogen and oxygen atoms in total. The molecule has 2 aromatic carbocycles. The van der Waals surface area contributed by atoms with Crippen molar-refractivity contribution in [2.75, 3.05) is 20.2 Å². The summed E-state index contributed by atoms with van der Waals surface area (Å²) in [6.07, 6.45) is 0. The standard InChI is InChI=1S/C16H16ClNO3/c1-18(9-10-19)16(20)12-3-2-4-15(11-12)21-14-7-5-13(17)6-8-14/h2-8,11,19H,9-10H2,1H3. The molecular formula is C16H16ClNO3. The summed E-state index contributed by atoms with van der Waals surface area (Å²) in [6, 6.07) is 13.9. The zero-order valence-corrected chi connectivity index (χ0v) is 12.4. The molecule has 0 saturated carbocycles. The molecule has 1 amide bonds. The van der Waals surface area contributed by atoms with Gasteiger partial charge in [-0.1, -0.05) is 17.7 Å². The molecule has 0 aromatic heterocycles. The van der Waals surface area contributed by atoms with Crippen LogP contribution in [0.4, 0.5) is 0 Å². The summed E-state index contributed by atoms with van der Waals surface area (Å²) in [7, 11) is 1.64. The second-order valence-electron chi connectivity index (χ2n) is 4.53. The Bertz CT molecular complexity index is 613. The minimum Gasteiger partial charge on any atom is -0.457 e. The number of hydrogen-bond donors (Lipinski definition) is 1. The molecule has 0 saturated heterocycles. The van der Waals surface area contributed by atoms with Crippen molar-refractivity contribution in [1.29, 1.82) is 0 Å². The van der Waals surface area contributed by atoms with Crippen LogP contribution in [0.1, 0.15) is 10.4 Å². The van der Waals surface area contributed by atoms with Crippen LogP contribution in [0.3, 0.4) is 0 Å². The van der Waals surface area contributed by atoms with E-state index < -0.39 is 0 Å². The van der Waals surface area contributed by atoms with E-state index in [1.807, 2.05) is 0 Å². The molecule has 0 unspecified atom stereocenters. The summed E-state index contributed by atoms with van der Waals surface area (Å²) in [5.74, 6) is 1.05. The van der Waals surface area contributed by atoms with Crippen molar-refractivity contribution in [2.24, 2.45) is 0 Å². The third kappa shape index (κ3) is 4.21. The van der Waals surface area contributed by atoms with Gasteiger partial charge in [0, 0.05) is 24.2 Å². The largest absolute Gasteiger partial charge is 0.457 e. The van der Waals surface area contributed by atoms with Gasteiger partial charge in [-0.05, 0) is 42.5 Å². The highest BCUT2D eigenvalue weighted by atomic mass is 35.5. The molecule has 5 heteroatoms. The molecule has 0 atom stereocenters. The van der Waals surface area contributed by atoms with Crippen molar-refractivity contribution in [1.82, 2.24) is 4.90 Å². The zero-order valence-electron chi connectivity index (χ0n) is 11.6. The van der Waals surface area contributed by atoms with Crippen molar-refractivity contribution in [3.05, 3.63) is 59.1 Å². The van der Waals surface area contributed by atoms with Crippen LogP contribution in [0.15, 0.2) is 48.5 Å². The fourth-order valence-corrected chi connectivity index (χ4v) is 1.93. The lowest BCUT2D eigenvalue weighted by Gasteiger charge is -2.16. The van der Waals surface area contributed by atoms with Crippen molar-refractivity contribution in [3.63, 3.8) is 0 Å². The van der Waals surface area contributed by atoms with Crippen LogP contribution in [0.2, 0.25) is 5.02 Å².